The highest BCUT2D eigenvalue weighted by Gasteiger charge is 2.21. The van der Waals surface area contributed by atoms with Gasteiger partial charge in [0.1, 0.15) is 11.5 Å². The van der Waals surface area contributed by atoms with E-state index in [4.69, 9.17) is 11.6 Å². The summed E-state index contributed by atoms with van der Waals surface area (Å²) in [6, 6.07) is 5.77. The molecule has 7 heteroatoms. The van der Waals surface area contributed by atoms with Crippen molar-refractivity contribution in [2.45, 2.75) is 0 Å². The van der Waals surface area contributed by atoms with Gasteiger partial charge < -0.3 is 4.74 Å². The van der Waals surface area contributed by atoms with Crippen LogP contribution in [0.4, 0.5) is 8.78 Å². The first-order chi connectivity index (χ1) is 10.5. The molecule has 0 fully saturated rings. The first-order valence-electron chi connectivity index (χ1n) is 6.13. The van der Waals surface area contributed by atoms with Crippen molar-refractivity contribution in [1.29, 1.82) is 0 Å². The van der Waals surface area contributed by atoms with Gasteiger partial charge in [-0.3, -0.25) is 0 Å². The standard InChI is InChI=1S/C15H8ClF2NO2S/c1-21-15(20)13-9(16)6-10(17)12(19-13)8-3-2-7-4-5-22-14(7)11(8)18/h2-6H,1H3. The highest BCUT2D eigenvalue weighted by molar-refractivity contribution is 7.17. The molecule has 0 spiro atoms. The number of carbonyl (C=O) groups excluding carboxylic acids is 1. The summed E-state index contributed by atoms with van der Waals surface area (Å²) < 4.78 is 33.6. The molecule has 2 aromatic heterocycles. The van der Waals surface area contributed by atoms with E-state index in [1.807, 2.05) is 0 Å². The second kappa shape index (κ2) is 5.62. The van der Waals surface area contributed by atoms with Gasteiger partial charge >= 0.3 is 5.97 Å². The molecule has 0 atom stereocenters. The lowest BCUT2D eigenvalue weighted by Gasteiger charge is -2.08. The minimum Gasteiger partial charge on any atom is -0.464 e. The number of esters is 1. The lowest BCUT2D eigenvalue weighted by Crippen LogP contribution is -2.07. The van der Waals surface area contributed by atoms with Crippen LogP contribution < -0.4 is 0 Å². The van der Waals surface area contributed by atoms with Crippen LogP contribution >= 0.6 is 22.9 Å². The van der Waals surface area contributed by atoms with Crippen molar-refractivity contribution in [3.8, 4) is 11.3 Å². The van der Waals surface area contributed by atoms with Gasteiger partial charge in [-0.25, -0.2) is 18.6 Å². The van der Waals surface area contributed by atoms with E-state index < -0.39 is 17.6 Å². The molecule has 0 saturated carbocycles. The second-order valence-corrected chi connectivity index (χ2v) is 5.73. The zero-order chi connectivity index (χ0) is 15.9. The number of carbonyl (C=O) groups is 1. The van der Waals surface area contributed by atoms with Crippen molar-refractivity contribution in [1.82, 2.24) is 4.98 Å². The van der Waals surface area contributed by atoms with Crippen molar-refractivity contribution < 1.29 is 18.3 Å². The van der Waals surface area contributed by atoms with Gasteiger partial charge in [-0.2, -0.15) is 0 Å². The summed E-state index contributed by atoms with van der Waals surface area (Å²) in [4.78, 5) is 15.4. The third-order valence-corrected chi connectivity index (χ3v) is 4.34. The molecule has 0 amide bonds. The number of benzene rings is 1. The molecule has 112 valence electrons. The van der Waals surface area contributed by atoms with Crippen LogP contribution in [-0.2, 0) is 4.74 Å². The Kier molecular flexibility index (Phi) is 3.80. The predicted molar refractivity (Wildman–Crippen MR) is 81.3 cm³/mol. The topological polar surface area (TPSA) is 39.2 Å². The zero-order valence-electron chi connectivity index (χ0n) is 11.2. The molecule has 0 aliphatic rings. The summed E-state index contributed by atoms with van der Waals surface area (Å²) in [7, 11) is 1.15. The number of methoxy groups -OCH3 is 1. The Morgan fingerprint density at radius 2 is 2.09 bits per heavy atom. The SMILES string of the molecule is COC(=O)c1nc(-c2ccc3ccsc3c2F)c(F)cc1Cl. The Balaban J connectivity index is 2.25. The Bertz CT molecular complexity index is 895. The highest BCUT2D eigenvalue weighted by atomic mass is 35.5. The smallest absolute Gasteiger partial charge is 0.358 e. The van der Waals surface area contributed by atoms with Crippen LogP contribution in [0.15, 0.2) is 29.6 Å². The quantitative estimate of drug-likeness (QED) is 0.636. The van der Waals surface area contributed by atoms with E-state index in [1.165, 1.54) is 17.4 Å². The number of thiophene rings is 1. The number of pyridine rings is 1. The van der Waals surface area contributed by atoms with Gasteiger partial charge in [-0.05, 0) is 29.0 Å². The number of fused-ring (bicyclic) bond motifs is 1. The minimum atomic E-state index is -0.816. The lowest BCUT2D eigenvalue weighted by molar-refractivity contribution is 0.0594. The van der Waals surface area contributed by atoms with E-state index in [9.17, 15) is 13.6 Å². The van der Waals surface area contributed by atoms with Crippen LogP contribution in [0.25, 0.3) is 21.3 Å². The number of hydrogen-bond donors (Lipinski definition) is 0. The van der Waals surface area contributed by atoms with Gasteiger partial charge in [-0.15, -0.1) is 11.3 Å². The second-order valence-electron chi connectivity index (χ2n) is 4.41. The Labute approximate surface area is 133 Å². The maximum Gasteiger partial charge on any atom is 0.358 e. The predicted octanol–water partition coefficient (Wildman–Crippen LogP) is 4.68. The van der Waals surface area contributed by atoms with Crippen molar-refractivity contribution in [3.05, 3.63) is 52.0 Å². The molecule has 3 rings (SSSR count). The number of hydrogen-bond acceptors (Lipinski definition) is 4. The normalized spacial score (nSPS) is 10.9. The van der Waals surface area contributed by atoms with Gasteiger partial charge in [-0.1, -0.05) is 17.7 Å². The van der Waals surface area contributed by atoms with Crippen molar-refractivity contribution in [2.75, 3.05) is 7.11 Å². The fraction of sp³-hybridized carbons (Fsp3) is 0.0667. The van der Waals surface area contributed by atoms with Crippen molar-refractivity contribution in [3.63, 3.8) is 0 Å². The number of halogens is 3. The zero-order valence-corrected chi connectivity index (χ0v) is 12.8. The Morgan fingerprint density at radius 3 is 2.82 bits per heavy atom. The molecule has 3 nitrogen and oxygen atoms in total. The Hall–Kier alpha value is -2.05. The molecular weight excluding hydrogens is 332 g/mol. The van der Waals surface area contributed by atoms with E-state index in [0.29, 0.717) is 10.1 Å². The molecule has 0 radical (unpaired) electrons. The average Bonchev–Trinajstić information content (AvgIpc) is 2.97. The lowest BCUT2D eigenvalue weighted by atomic mass is 10.1. The molecular formula is C15H8ClF2NO2S. The monoisotopic (exact) mass is 339 g/mol. The van der Waals surface area contributed by atoms with Gasteiger partial charge in [0, 0.05) is 5.56 Å². The number of ether oxygens (including phenoxy) is 1. The summed E-state index contributed by atoms with van der Waals surface area (Å²) in [6.45, 7) is 0. The molecule has 0 saturated heterocycles. The molecule has 0 aliphatic carbocycles. The van der Waals surface area contributed by atoms with Crippen LogP contribution in [0.2, 0.25) is 5.02 Å². The molecule has 0 N–H and O–H groups in total. The summed E-state index contributed by atoms with van der Waals surface area (Å²) in [5.41, 5.74) is -0.571. The minimum absolute atomic E-state index is 0.0331. The van der Waals surface area contributed by atoms with E-state index in [0.717, 1.165) is 13.2 Å². The third kappa shape index (κ3) is 2.34. The van der Waals surface area contributed by atoms with Crippen molar-refractivity contribution in [2.24, 2.45) is 0 Å². The maximum atomic E-state index is 14.5. The van der Waals surface area contributed by atoms with E-state index in [2.05, 4.69) is 9.72 Å². The molecule has 3 aromatic rings. The van der Waals surface area contributed by atoms with E-state index >= 15 is 0 Å². The first-order valence-corrected chi connectivity index (χ1v) is 7.39. The first kappa shape index (κ1) is 14.9. The molecule has 22 heavy (non-hydrogen) atoms. The average molecular weight is 340 g/mol. The van der Waals surface area contributed by atoms with Crippen LogP contribution in [0.5, 0.6) is 0 Å². The fourth-order valence-corrected chi connectivity index (χ4v) is 3.13. The van der Waals surface area contributed by atoms with Gasteiger partial charge in [0.05, 0.1) is 16.8 Å². The third-order valence-electron chi connectivity index (χ3n) is 3.12. The van der Waals surface area contributed by atoms with Gasteiger partial charge in [0.25, 0.3) is 0 Å². The number of aromatic nitrogens is 1. The number of nitrogens with zero attached hydrogens (tertiary/aromatic N) is 1. The molecule has 0 aliphatic heterocycles. The van der Waals surface area contributed by atoms with E-state index in [1.54, 1.807) is 17.5 Å². The summed E-state index contributed by atoms with van der Waals surface area (Å²) in [6.07, 6.45) is 0. The fourth-order valence-electron chi connectivity index (χ4n) is 2.08. The van der Waals surface area contributed by atoms with Crippen LogP contribution in [0.3, 0.4) is 0 Å². The van der Waals surface area contributed by atoms with Gasteiger partial charge in [0.2, 0.25) is 0 Å². The van der Waals surface area contributed by atoms with Crippen molar-refractivity contribution >= 4 is 39.0 Å². The van der Waals surface area contributed by atoms with Crippen LogP contribution in [0, 0.1) is 11.6 Å². The van der Waals surface area contributed by atoms with Crippen LogP contribution in [-0.4, -0.2) is 18.1 Å². The maximum absolute atomic E-state index is 14.5. The summed E-state index contributed by atoms with van der Waals surface area (Å²) >= 11 is 6.99. The van der Waals surface area contributed by atoms with Crippen LogP contribution in [0.1, 0.15) is 10.5 Å². The molecule has 0 unspecified atom stereocenters. The summed E-state index contributed by atoms with van der Waals surface area (Å²) in [5, 5.41) is 2.27. The molecule has 2 heterocycles. The number of rotatable bonds is 2. The van der Waals surface area contributed by atoms with E-state index in [-0.39, 0.29) is 22.0 Å². The summed E-state index contributed by atoms with van der Waals surface area (Å²) in [5.74, 6) is -2.21. The molecule has 0 bridgehead atoms. The largest absolute Gasteiger partial charge is 0.464 e. The molecule has 1 aromatic carbocycles. The Morgan fingerprint density at radius 1 is 1.32 bits per heavy atom. The highest BCUT2D eigenvalue weighted by Crippen LogP contribution is 2.33. The van der Waals surface area contributed by atoms with Gasteiger partial charge in [0.15, 0.2) is 11.5 Å².